The molecule has 0 bridgehead atoms. The van der Waals surface area contributed by atoms with Crippen LogP contribution in [0, 0.1) is 5.92 Å². The van der Waals surface area contributed by atoms with Crippen LogP contribution in [0.5, 0.6) is 0 Å². The fourth-order valence-corrected chi connectivity index (χ4v) is 3.85. The van der Waals surface area contributed by atoms with E-state index < -0.39 is 17.2 Å². The highest BCUT2D eigenvalue weighted by molar-refractivity contribution is 5.99. The van der Waals surface area contributed by atoms with E-state index >= 15 is 0 Å². The molecule has 160 valence electrons. The van der Waals surface area contributed by atoms with E-state index in [4.69, 9.17) is 0 Å². The molecule has 0 unspecified atom stereocenters. The lowest BCUT2D eigenvalue weighted by Gasteiger charge is -2.23. The SMILES string of the molecule is CC(C)NC(=O)c1cn(CC2CCCCC2)cc(C(=O)NCc2ccncc2)c1=O. The molecule has 2 aromatic rings. The molecule has 0 aromatic carbocycles. The first-order valence-electron chi connectivity index (χ1n) is 10.7. The minimum atomic E-state index is -0.541. The van der Waals surface area contributed by atoms with Gasteiger partial charge in [0.15, 0.2) is 0 Å². The first kappa shape index (κ1) is 21.7. The number of pyridine rings is 2. The molecule has 0 atom stereocenters. The molecular formula is C23H30N4O3. The molecule has 0 saturated heterocycles. The van der Waals surface area contributed by atoms with Crippen LogP contribution >= 0.6 is 0 Å². The second-order valence-electron chi connectivity index (χ2n) is 8.28. The molecule has 0 aliphatic heterocycles. The van der Waals surface area contributed by atoms with Gasteiger partial charge in [0, 0.05) is 43.9 Å². The molecule has 1 aliphatic rings. The number of hydrogen-bond acceptors (Lipinski definition) is 4. The normalized spacial score (nSPS) is 14.5. The van der Waals surface area contributed by atoms with Gasteiger partial charge in [0.25, 0.3) is 11.8 Å². The van der Waals surface area contributed by atoms with Crippen molar-refractivity contribution in [1.82, 2.24) is 20.2 Å². The Morgan fingerprint density at radius 1 is 1.07 bits per heavy atom. The van der Waals surface area contributed by atoms with Crippen molar-refractivity contribution < 1.29 is 9.59 Å². The zero-order valence-corrected chi connectivity index (χ0v) is 17.7. The lowest BCUT2D eigenvalue weighted by molar-refractivity contribution is 0.0940. The van der Waals surface area contributed by atoms with Gasteiger partial charge in [-0.2, -0.15) is 0 Å². The van der Waals surface area contributed by atoms with E-state index in [0.717, 1.165) is 18.4 Å². The molecule has 2 amide bonds. The van der Waals surface area contributed by atoms with Crippen molar-refractivity contribution in [2.45, 2.75) is 65.1 Å². The minimum absolute atomic E-state index is 0.00345. The molecule has 2 aromatic heterocycles. The number of nitrogens with zero attached hydrogens (tertiary/aromatic N) is 2. The van der Waals surface area contributed by atoms with Crippen molar-refractivity contribution in [3.05, 3.63) is 63.8 Å². The minimum Gasteiger partial charge on any atom is -0.352 e. The summed E-state index contributed by atoms with van der Waals surface area (Å²) in [5, 5.41) is 5.55. The van der Waals surface area contributed by atoms with E-state index in [1.807, 2.05) is 18.4 Å². The Morgan fingerprint density at radius 2 is 1.70 bits per heavy atom. The van der Waals surface area contributed by atoms with Crippen LogP contribution in [-0.2, 0) is 13.1 Å². The molecule has 2 heterocycles. The Bertz CT molecular complexity index is 931. The van der Waals surface area contributed by atoms with Gasteiger partial charge < -0.3 is 15.2 Å². The lowest BCUT2D eigenvalue weighted by atomic mass is 9.89. The Balaban J connectivity index is 1.86. The summed E-state index contributed by atoms with van der Waals surface area (Å²) in [6.07, 6.45) is 12.4. The van der Waals surface area contributed by atoms with Gasteiger partial charge in [-0.25, -0.2) is 0 Å². The van der Waals surface area contributed by atoms with Gasteiger partial charge in [-0.05, 0) is 50.3 Å². The molecule has 30 heavy (non-hydrogen) atoms. The summed E-state index contributed by atoms with van der Waals surface area (Å²) in [7, 11) is 0. The molecule has 3 rings (SSSR count). The Kier molecular flexibility index (Phi) is 7.38. The van der Waals surface area contributed by atoms with Gasteiger partial charge in [-0.15, -0.1) is 0 Å². The third-order valence-electron chi connectivity index (χ3n) is 5.38. The lowest BCUT2D eigenvalue weighted by Crippen LogP contribution is -2.37. The molecule has 2 N–H and O–H groups in total. The smallest absolute Gasteiger partial charge is 0.257 e. The highest BCUT2D eigenvalue weighted by Crippen LogP contribution is 2.25. The fourth-order valence-electron chi connectivity index (χ4n) is 3.85. The molecule has 0 radical (unpaired) electrons. The van der Waals surface area contributed by atoms with E-state index in [-0.39, 0.29) is 23.7 Å². The average Bonchev–Trinajstić information content (AvgIpc) is 2.74. The maximum absolute atomic E-state index is 12.9. The topological polar surface area (TPSA) is 93.1 Å². The Morgan fingerprint density at radius 3 is 2.33 bits per heavy atom. The maximum atomic E-state index is 12.9. The number of hydrogen-bond donors (Lipinski definition) is 2. The quantitative estimate of drug-likeness (QED) is 0.734. The number of rotatable bonds is 7. The van der Waals surface area contributed by atoms with Gasteiger partial charge in [-0.3, -0.25) is 19.4 Å². The van der Waals surface area contributed by atoms with Crippen LogP contribution in [0.2, 0.25) is 0 Å². The van der Waals surface area contributed by atoms with Gasteiger partial charge in [-0.1, -0.05) is 19.3 Å². The second kappa shape index (κ2) is 10.2. The van der Waals surface area contributed by atoms with Crippen LogP contribution in [0.25, 0.3) is 0 Å². The van der Waals surface area contributed by atoms with Crippen molar-refractivity contribution >= 4 is 11.8 Å². The van der Waals surface area contributed by atoms with E-state index in [1.54, 1.807) is 36.9 Å². The number of aromatic nitrogens is 2. The third kappa shape index (κ3) is 5.78. The van der Waals surface area contributed by atoms with Crippen LogP contribution in [-0.4, -0.2) is 27.4 Å². The number of carbonyl (C=O) groups is 2. The summed E-state index contributed by atoms with van der Waals surface area (Å²) in [6.45, 7) is 4.66. The zero-order valence-electron chi connectivity index (χ0n) is 17.7. The first-order valence-corrected chi connectivity index (χ1v) is 10.7. The average molecular weight is 411 g/mol. The molecule has 1 aliphatic carbocycles. The predicted molar refractivity (Wildman–Crippen MR) is 115 cm³/mol. The summed E-state index contributed by atoms with van der Waals surface area (Å²) >= 11 is 0. The highest BCUT2D eigenvalue weighted by atomic mass is 16.2. The van der Waals surface area contributed by atoms with Crippen molar-refractivity contribution in [2.75, 3.05) is 0 Å². The zero-order chi connectivity index (χ0) is 21.5. The van der Waals surface area contributed by atoms with Crippen LogP contribution in [0.1, 0.15) is 72.2 Å². The molecule has 7 nitrogen and oxygen atoms in total. The summed E-state index contributed by atoms with van der Waals surface area (Å²) in [5.41, 5.74) is 0.349. The standard InChI is InChI=1S/C23H30N4O3/c1-16(2)26-23(30)20-15-27(13-18-6-4-3-5-7-18)14-19(21(20)28)22(29)25-12-17-8-10-24-11-9-17/h8-11,14-16,18H,3-7,12-13H2,1-2H3,(H,25,29)(H,26,30). The molecule has 7 heteroatoms. The molecule has 1 saturated carbocycles. The number of carbonyl (C=O) groups excluding carboxylic acids is 2. The van der Waals surface area contributed by atoms with Crippen LogP contribution in [0.4, 0.5) is 0 Å². The highest BCUT2D eigenvalue weighted by Gasteiger charge is 2.21. The van der Waals surface area contributed by atoms with Gasteiger partial charge in [0.05, 0.1) is 0 Å². The second-order valence-corrected chi connectivity index (χ2v) is 8.28. The molecule has 1 fully saturated rings. The van der Waals surface area contributed by atoms with Crippen molar-refractivity contribution in [1.29, 1.82) is 0 Å². The predicted octanol–water partition coefficient (Wildman–Crippen LogP) is 2.89. The number of amides is 2. The fraction of sp³-hybridized carbons (Fsp3) is 0.478. The Hall–Kier alpha value is -2.96. The van der Waals surface area contributed by atoms with Gasteiger partial charge in [0.2, 0.25) is 5.43 Å². The van der Waals surface area contributed by atoms with Crippen LogP contribution < -0.4 is 16.1 Å². The van der Waals surface area contributed by atoms with Crippen molar-refractivity contribution in [2.24, 2.45) is 5.92 Å². The van der Waals surface area contributed by atoms with E-state index in [2.05, 4.69) is 15.6 Å². The molecular weight excluding hydrogens is 380 g/mol. The summed E-state index contributed by atoms with van der Waals surface area (Å²) in [5.74, 6) is -0.431. The number of nitrogens with one attached hydrogen (secondary N) is 2. The first-order chi connectivity index (χ1) is 14.4. The van der Waals surface area contributed by atoms with Gasteiger partial charge >= 0.3 is 0 Å². The van der Waals surface area contributed by atoms with E-state index in [9.17, 15) is 14.4 Å². The summed E-state index contributed by atoms with van der Waals surface area (Å²) < 4.78 is 1.84. The summed E-state index contributed by atoms with van der Waals surface area (Å²) in [4.78, 5) is 42.3. The Labute approximate surface area is 176 Å². The van der Waals surface area contributed by atoms with Crippen molar-refractivity contribution in [3.8, 4) is 0 Å². The van der Waals surface area contributed by atoms with E-state index in [0.29, 0.717) is 12.5 Å². The molecule has 0 spiro atoms. The third-order valence-corrected chi connectivity index (χ3v) is 5.38. The van der Waals surface area contributed by atoms with Crippen LogP contribution in [0.15, 0.2) is 41.7 Å². The van der Waals surface area contributed by atoms with Crippen LogP contribution in [0.3, 0.4) is 0 Å². The van der Waals surface area contributed by atoms with Gasteiger partial charge in [0.1, 0.15) is 11.1 Å². The summed E-state index contributed by atoms with van der Waals surface area (Å²) in [6, 6.07) is 3.50. The maximum Gasteiger partial charge on any atom is 0.257 e. The van der Waals surface area contributed by atoms with Crippen molar-refractivity contribution in [3.63, 3.8) is 0 Å². The largest absolute Gasteiger partial charge is 0.352 e. The monoisotopic (exact) mass is 410 g/mol. The van der Waals surface area contributed by atoms with E-state index in [1.165, 1.54) is 19.3 Å².